The quantitative estimate of drug-likeness (QED) is 0.478. The first-order valence-corrected chi connectivity index (χ1v) is 12.9. The van der Waals surface area contributed by atoms with Gasteiger partial charge in [-0.15, -0.1) is 0 Å². The summed E-state index contributed by atoms with van der Waals surface area (Å²) in [7, 11) is -3.37. The minimum absolute atomic E-state index is 0.0845. The summed E-state index contributed by atoms with van der Waals surface area (Å²) in [6, 6.07) is 5.87. The lowest BCUT2D eigenvalue weighted by Gasteiger charge is -2.34. The zero-order valence-electron chi connectivity index (χ0n) is 19.4. The maximum atomic E-state index is 13.5. The van der Waals surface area contributed by atoms with Gasteiger partial charge in [-0.1, -0.05) is 20.8 Å². The average Bonchev–Trinajstić information content (AvgIpc) is 2.73. The molecule has 0 saturated carbocycles. The van der Waals surface area contributed by atoms with E-state index in [1.165, 1.54) is 0 Å². The maximum absolute atomic E-state index is 13.5. The second kappa shape index (κ2) is 9.72. The Morgan fingerprint density at radius 1 is 1.13 bits per heavy atom. The topological polar surface area (TPSA) is 71.9 Å². The molecule has 0 spiro atoms. The number of hydrogen-bond donors (Lipinski definition) is 1. The molecule has 1 aliphatic carbocycles. The van der Waals surface area contributed by atoms with Crippen LogP contribution in [0.25, 0.3) is 0 Å². The van der Waals surface area contributed by atoms with Crippen LogP contribution in [-0.2, 0) is 31.9 Å². The second-order valence-corrected chi connectivity index (χ2v) is 11.0. The number of phenols is 1. The number of rotatable bonds is 8. The summed E-state index contributed by atoms with van der Waals surface area (Å²) in [6.07, 6.45) is 7.39. The molecule has 1 aromatic carbocycles. The van der Waals surface area contributed by atoms with Crippen LogP contribution in [0.15, 0.2) is 30.6 Å². The highest BCUT2D eigenvalue weighted by Gasteiger charge is 2.33. The van der Waals surface area contributed by atoms with Gasteiger partial charge in [-0.3, -0.25) is 9.55 Å². The highest BCUT2D eigenvalue weighted by Crippen LogP contribution is 2.52. The van der Waals surface area contributed by atoms with Crippen LogP contribution in [0.5, 0.6) is 5.75 Å². The van der Waals surface area contributed by atoms with Crippen molar-refractivity contribution in [3.63, 3.8) is 0 Å². The largest absolute Gasteiger partial charge is 0.507 e. The zero-order valence-corrected chi connectivity index (χ0v) is 20.2. The van der Waals surface area contributed by atoms with Crippen molar-refractivity contribution in [1.29, 1.82) is 0 Å². The molecule has 0 saturated heterocycles. The van der Waals surface area contributed by atoms with E-state index in [9.17, 15) is 9.67 Å². The van der Waals surface area contributed by atoms with E-state index >= 15 is 0 Å². The van der Waals surface area contributed by atoms with E-state index in [1.807, 2.05) is 30.9 Å². The molecule has 31 heavy (non-hydrogen) atoms. The molecule has 1 N–H and O–H groups in total. The summed E-state index contributed by atoms with van der Waals surface area (Å²) in [5, 5.41) is 11.1. The van der Waals surface area contributed by atoms with Gasteiger partial charge in [-0.25, -0.2) is 0 Å². The monoisotopic (exact) mass is 446 g/mol. The highest BCUT2D eigenvalue weighted by molar-refractivity contribution is 7.54. The second-order valence-electron chi connectivity index (χ2n) is 8.93. The molecule has 0 bridgehead atoms. The molecule has 0 radical (unpaired) electrons. The van der Waals surface area contributed by atoms with Gasteiger partial charge < -0.3 is 19.1 Å². The molecule has 0 amide bonds. The molecule has 0 unspecified atom stereocenters. The van der Waals surface area contributed by atoms with Crippen LogP contribution in [0, 0.1) is 0 Å². The Hall–Kier alpha value is -1.88. The Balaban J connectivity index is 2.23. The Kier molecular flexibility index (Phi) is 7.46. The average molecular weight is 447 g/mol. The number of nitrogens with zero attached hydrogens (tertiary/aromatic N) is 2. The van der Waals surface area contributed by atoms with Gasteiger partial charge in [0.2, 0.25) is 0 Å². The molecule has 0 fully saturated rings. The van der Waals surface area contributed by atoms with E-state index in [-0.39, 0.29) is 11.7 Å². The van der Waals surface area contributed by atoms with Gasteiger partial charge in [0.25, 0.3) is 0 Å². The fourth-order valence-electron chi connectivity index (χ4n) is 4.21. The van der Waals surface area contributed by atoms with Gasteiger partial charge >= 0.3 is 7.60 Å². The third kappa shape index (κ3) is 5.31. The van der Waals surface area contributed by atoms with Crippen LogP contribution in [0.4, 0.5) is 11.4 Å². The molecular formula is C24H35N2O4P. The lowest BCUT2D eigenvalue weighted by atomic mass is 9.80. The van der Waals surface area contributed by atoms with Crippen molar-refractivity contribution >= 4 is 19.0 Å². The Bertz CT molecular complexity index is 931. The van der Waals surface area contributed by atoms with Crippen molar-refractivity contribution in [2.24, 2.45) is 0 Å². The van der Waals surface area contributed by atoms with E-state index in [0.29, 0.717) is 19.0 Å². The maximum Gasteiger partial charge on any atom is 0.350 e. The van der Waals surface area contributed by atoms with Gasteiger partial charge in [-0.2, -0.15) is 0 Å². The zero-order chi connectivity index (χ0) is 22.6. The molecule has 170 valence electrons. The van der Waals surface area contributed by atoms with E-state index in [1.54, 1.807) is 12.4 Å². The normalized spacial score (nSPS) is 14.4. The van der Waals surface area contributed by atoms with Crippen molar-refractivity contribution < 1.29 is 18.7 Å². The van der Waals surface area contributed by atoms with Crippen LogP contribution < -0.4 is 4.90 Å². The van der Waals surface area contributed by atoms with Crippen LogP contribution in [0.1, 0.15) is 64.2 Å². The molecule has 3 rings (SSSR count). The van der Waals surface area contributed by atoms with Crippen LogP contribution in [0.3, 0.4) is 0 Å². The first-order chi connectivity index (χ1) is 14.7. The molecule has 2 aromatic rings. The number of anilines is 2. The summed E-state index contributed by atoms with van der Waals surface area (Å²) in [5.41, 5.74) is 4.53. The number of hydrogen-bond acceptors (Lipinski definition) is 6. The van der Waals surface area contributed by atoms with Crippen LogP contribution in [0.2, 0.25) is 0 Å². The third-order valence-electron chi connectivity index (χ3n) is 5.62. The molecule has 1 aliphatic rings. The van der Waals surface area contributed by atoms with Gasteiger partial charge in [-0.05, 0) is 74.3 Å². The number of aromatic nitrogens is 1. The van der Waals surface area contributed by atoms with E-state index in [0.717, 1.165) is 53.7 Å². The number of phenolic OH excluding ortho intramolecular Hbond substituents is 1. The summed E-state index contributed by atoms with van der Waals surface area (Å²) in [4.78, 5) is 6.29. The SMILES string of the molecule is CCOP(=O)(CN(c1cccnc1)c1cc(C(C)(C)C)c(O)c2c1CCCC2)OCC. The fourth-order valence-corrected chi connectivity index (χ4v) is 5.90. The lowest BCUT2D eigenvalue weighted by molar-refractivity contribution is 0.220. The highest BCUT2D eigenvalue weighted by atomic mass is 31.2. The standard InChI is InChI=1S/C24H35N2O4P/c1-6-29-31(28,30-7-2)17-26(18-11-10-14-25-16-18)22-15-21(24(3,4)5)23(27)20-13-9-8-12-19(20)22/h10-11,14-16,27H,6-9,12-13,17H2,1-5H3. The van der Waals surface area contributed by atoms with Crippen LogP contribution >= 0.6 is 7.60 Å². The molecule has 0 aliphatic heterocycles. The number of fused-ring (bicyclic) bond motifs is 1. The minimum atomic E-state index is -3.37. The van der Waals surface area contributed by atoms with Crippen molar-refractivity contribution in [3.8, 4) is 5.75 Å². The fraction of sp³-hybridized carbons (Fsp3) is 0.542. The third-order valence-corrected chi connectivity index (χ3v) is 7.55. The predicted molar refractivity (Wildman–Crippen MR) is 126 cm³/mol. The summed E-state index contributed by atoms with van der Waals surface area (Å²) in [6.45, 7) is 10.5. The van der Waals surface area contributed by atoms with E-state index in [4.69, 9.17) is 9.05 Å². The summed E-state index contributed by atoms with van der Waals surface area (Å²) in [5.74, 6) is 0.398. The van der Waals surface area contributed by atoms with Crippen molar-refractivity contribution in [2.75, 3.05) is 24.4 Å². The minimum Gasteiger partial charge on any atom is -0.507 e. The van der Waals surface area contributed by atoms with Gasteiger partial charge in [0.15, 0.2) is 0 Å². The van der Waals surface area contributed by atoms with Crippen molar-refractivity contribution in [1.82, 2.24) is 4.98 Å². The molecule has 6 nitrogen and oxygen atoms in total. The van der Waals surface area contributed by atoms with Crippen molar-refractivity contribution in [3.05, 3.63) is 47.3 Å². The van der Waals surface area contributed by atoms with Gasteiger partial charge in [0.05, 0.1) is 25.1 Å². The summed E-state index contributed by atoms with van der Waals surface area (Å²) >= 11 is 0. The van der Waals surface area contributed by atoms with Gasteiger partial charge in [0.1, 0.15) is 12.0 Å². The number of pyridine rings is 1. The molecule has 7 heteroatoms. The molecular weight excluding hydrogens is 411 g/mol. The lowest BCUT2D eigenvalue weighted by Crippen LogP contribution is -2.25. The Morgan fingerprint density at radius 2 is 1.77 bits per heavy atom. The Labute approximate surface area is 186 Å². The van der Waals surface area contributed by atoms with Crippen molar-refractivity contribution in [2.45, 2.75) is 65.7 Å². The van der Waals surface area contributed by atoms with Gasteiger partial charge in [0, 0.05) is 17.4 Å². The van der Waals surface area contributed by atoms with E-state index in [2.05, 4.69) is 31.8 Å². The summed E-state index contributed by atoms with van der Waals surface area (Å²) < 4.78 is 24.8. The first kappa shape index (κ1) is 23.8. The molecule has 0 atom stereocenters. The molecule has 1 aromatic heterocycles. The predicted octanol–water partition coefficient (Wildman–Crippen LogP) is 6.33. The molecule has 1 heterocycles. The first-order valence-electron chi connectivity index (χ1n) is 11.1. The Morgan fingerprint density at radius 3 is 2.32 bits per heavy atom. The van der Waals surface area contributed by atoms with Crippen LogP contribution in [-0.4, -0.2) is 29.6 Å². The smallest absolute Gasteiger partial charge is 0.350 e. The van der Waals surface area contributed by atoms with E-state index < -0.39 is 7.60 Å². The number of benzene rings is 1. The number of aromatic hydroxyl groups is 1.